The first kappa shape index (κ1) is 15.8. The molecule has 1 amide bonds. The Labute approximate surface area is 139 Å². The summed E-state index contributed by atoms with van der Waals surface area (Å²) in [6, 6.07) is 5.60. The zero-order valence-corrected chi connectivity index (χ0v) is 13.8. The van der Waals surface area contributed by atoms with Crippen LogP contribution in [-0.2, 0) is 6.54 Å². The molecule has 7 nitrogen and oxygen atoms in total. The summed E-state index contributed by atoms with van der Waals surface area (Å²) in [5.74, 6) is 0.392. The monoisotopic (exact) mass is 322 g/mol. The van der Waals surface area contributed by atoms with E-state index in [1.165, 1.54) is 0 Å². The topological polar surface area (TPSA) is 85.6 Å². The van der Waals surface area contributed by atoms with Crippen LogP contribution in [0.25, 0.3) is 5.69 Å². The van der Waals surface area contributed by atoms with Crippen molar-refractivity contribution in [1.29, 1.82) is 0 Å². The Balaban J connectivity index is 1.74. The Hall–Kier alpha value is -3.09. The van der Waals surface area contributed by atoms with E-state index in [0.29, 0.717) is 17.1 Å². The molecule has 0 aliphatic carbocycles. The average Bonchev–Trinajstić information content (AvgIpc) is 2.94. The van der Waals surface area contributed by atoms with E-state index in [1.54, 1.807) is 30.2 Å². The van der Waals surface area contributed by atoms with Crippen LogP contribution in [0.5, 0.6) is 0 Å². The van der Waals surface area contributed by atoms with E-state index in [1.807, 2.05) is 32.0 Å². The normalized spacial score (nSPS) is 10.6. The Morgan fingerprint density at radius 3 is 2.62 bits per heavy atom. The fraction of sp³-hybridized carbons (Fsp3) is 0.235. The quantitative estimate of drug-likeness (QED) is 0.793. The lowest BCUT2D eigenvalue weighted by Crippen LogP contribution is -2.24. The van der Waals surface area contributed by atoms with Crippen molar-refractivity contribution >= 4 is 5.91 Å². The third-order valence-electron chi connectivity index (χ3n) is 3.49. The first-order valence-electron chi connectivity index (χ1n) is 7.59. The van der Waals surface area contributed by atoms with E-state index >= 15 is 0 Å². The zero-order valence-electron chi connectivity index (χ0n) is 13.8. The molecule has 0 saturated heterocycles. The Morgan fingerprint density at radius 2 is 1.96 bits per heavy atom. The smallest absolute Gasteiger partial charge is 0.255 e. The molecule has 0 saturated carbocycles. The highest BCUT2D eigenvalue weighted by Crippen LogP contribution is 2.11. The maximum Gasteiger partial charge on any atom is 0.255 e. The van der Waals surface area contributed by atoms with Crippen molar-refractivity contribution in [3.63, 3.8) is 0 Å². The minimum atomic E-state index is -0.203. The van der Waals surface area contributed by atoms with Gasteiger partial charge in [0.15, 0.2) is 0 Å². The molecule has 0 bridgehead atoms. The number of hydrogen-bond acceptors (Lipinski definition) is 5. The van der Waals surface area contributed by atoms with Gasteiger partial charge in [-0.25, -0.2) is 14.6 Å². The fourth-order valence-electron chi connectivity index (χ4n) is 2.44. The molecule has 0 aliphatic heterocycles. The fourth-order valence-corrected chi connectivity index (χ4v) is 2.44. The second-order valence-electron chi connectivity index (χ2n) is 5.53. The molecular formula is C17H18N6O. The van der Waals surface area contributed by atoms with Gasteiger partial charge in [0, 0.05) is 23.8 Å². The van der Waals surface area contributed by atoms with E-state index in [0.717, 1.165) is 17.1 Å². The molecule has 0 spiro atoms. The van der Waals surface area contributed by atoms with Gasteiger partial charge in [0.1, 0.15) is 5.82 Å². The zero-order chi connectivity index (χ0) is 17.1. The maximum absolute atomic E-state index is 12.4. The number of carbonyl (C=O) groups is 1. The average molecular weight is 322 g/mol. The van der Waals surface area contributed by atoms with Crippen LogP contribution in [0, 0.1) is 20.8 Å². The van der Waals surface area contributed by atoms with Gasteiger partial charge in [-0.05, 0) is 39.0 Å². The Bertz CT molecular complexity index is 852. The van der Waals surface area contributed by atoms with Gasteiger partial charge in [-0.1, -0.05) is 0 Å². The number of aryl methyl sites for hydroxylation is 3. The third-order valence-corrected chi connectivity index (χ3v) is 3.49. The number of aromatic nitrogens is 5. The van der Waals surface area contributed by atoms with Crippen LogP contribution in [0.3, 0.4) is 0 Å². The van der Waals surface area contributed by atoms with Gasteiger partial charge in [0.05, 0.1) is 29.7 Å². The number of carbonyl (C=O) groups excluding carboxylic acids is 1. The van der Waals surface area contributed by atoms with Crippen LogP contribution >= 0.6 is 0 Å². The van der Waals surface area contributed by atoms with Gasteiger partial charge in [-0.2, -0.15) is 5.10 Å². The van der Waals surface area contributed by atoms with Crippen LogP contribution in [0.4, 0.5) is 0 Å². The lowest BCUT2D eigenvalue weighted by Gasteiger charge is -2.05. The molecular weight excluding hydrogens is 304 g/mol. The summed E-state index contributed by atoms with van der Waals surface area (Å²) in [5, 5.41) is 7.21. The molecule has 0 fully saturated rings. The van der Waals surface area contributed by atoms with Gasteiger partial charge in [-0.3, -0.25) is 9.78 Å². The van der Waals surface area contributed by atoms with E-state index in [4.69, 9.17) is 0 Å². The highest BCUT2D eigenvalue weighted by Gasteiger charge is 2.14. The van der Waals surface area contributed by atoms with Crippen molar-refractivity contribution in [1.82, 2.24) is 30.0 Å². The molecule has 0 aliphatic rings. The molecule has 3 rings (SSSR count). The van der Waals surface area contributed by atoms with Gasteiger partial charge in [-0.15, -0.1) is 0 Å². The van der Waals surface area contributed by atoms with E-state index in [2.05, 4.69) is 25.4 Å². The summed E-state index contributed by atoms with van der Waals surface area (Å²) < 4.78 is 1.64. The molecule has 24 heavy (non-hydrogen) atoms. The van der Waals surface area contributed by atoms with Crippen molar-refractivity contribution < 1.29 is 4.79 Å². The van der Waals surface area contributed by atoms with Crippen molar-refractivity contribution in [2.45, 2.75) is 27.3 Å². The van der Waals surface area contributed by atoms with Crippen LogP contribution in [0.15, 0.2) is 36.8 Å². The molecule has 0 aromatic carbocycles. The number of pyridine rings is 1. The van der Waals surface area contributed by atoms with E-state index in [-0.39, 0.29) is 12.5 Å². The second-order valence-corrected chi connectivity index (χ2v) is 5.53. The predicted molar refractivity (Wildman–Crippen MR) is 88.8 cm³/mol. The van der Waals surface area contributed by atoms with Crippen molar-refractivity contribution in [3.8, 4) is 5.69 Å². The van der Waals surface area contributed by atoms with Crippen LogP contribution in [0.2, 0.25) is 0 Å². The minimum Gasteiger partial charge on any atom is -0.345 e. The largest absolute Gasteiger partial charge is 0.345 e. The van der Waals surface area contributed by atoms with Crippen molar-refractivity contribution in [2.75, 3.05) is 0 Å². The number of amides is 1. The molecule has 3 aromatic heterocycles. The molecule has 0 radical (unpaired) electrons. The Kier molecular flexibility index (Phi) is 4.33. The molecule has 3 heterocycles. The second kappa shape index (κ2) is 6.57. The number of nitrogens with one attached hydrogen (secondary N) is 1. The number of nitrogens with zero attached hydrogens (tertiary/aromatic N) is 5. The maximum atomic E-state index is 12.4. The number of rotatable bonds is 4. The third kappa shape index (κ3) is 3.45. The van der Waals surface area contributed by atoms with Crippen molar-refractivity contribution in [2.24, 2.45) is 0 Å². The Morgan fingerprint density at radius 1 is 1.21 bits per heavy atom. The molecule has 0 atom stereocenters. The van der Waals surface area contributed by atoms with E-state index < -0.39 is 0 Å². The SMILES string of the molecule is Cc1cc(C)nc(CNC(=O)c2cn(-c3cccnc3)nc2C)n1. The molecule has 1 N–H and O–H groups in total. The summed E-state index contributed by atoms with van der Waals surface area (Å²) in [6.07, 6.45) is 5.08. The van der Waals surface area contributed by atoms with Crippen LogP contribution < -0.4 is 5.32 Å². The highest BCUT2D eigenvalue weighted by molar-refractivity contribution is 5.95. The first-order chi connectivity index (χ1) is 11.5. The van der Waals surface area contributed by atoms with Gasteiger partial charge < -0.3 is 5.32 Å². The van der Waals surface area contributed by atoms with Gasteiger partial charge in [0.2, 0.25) is 0 Å². The van der Waals surface area contributed by atoms with Crippen molar-refractivity contribution in [3.05, 3.63) is 65.3 Å². The molecule has 122 valence electrons. The number of hydrogen-bond donors (Lipinski definition) is 1. The van der Waals surface area contributed by atoms with Crippen LogP contribution in [-0.4, -0.2) is 30.6 Å². The van der Waals surface area contributed by atoms with Gasteiger partial charge >= 0.3 is 0 Å². The molecule has 7 heteroatoms. The standard InChI is InChI=1S/C17H18N6O/c1-11-7-12(2)21-16(20-11)9-19-17(24)15-10-23(22-13(15)3)14-5-4-6-18-8-14/h4-8,10H,9H2,1-3H3,(H,19,24). The lowest BCUT2D eigenvalue weighted by molar-refractivity contribution is 0.0949. The van der Waals surface area contributed by atoms with E-state index in [9.17, 15) is 4.79 Å². The molecule has 3 aromatic rings. The lowest BCUT2D eigenvalue weighted by atomic mass is 10.2. The summed E-state index contributed by atoms with van der Waals surface area (Å²) in [5.41, 5.74) is 3.73. The summed E-state index contributed by atoms with van der Waals surface area (Å²) in [7, 11) is 0. The molecule has 0 unspecified atom stereocenters. The minimum absolute atomic E-state index is 0.203. The summed E-state index contributed by atoms with van der Waals surface area (Å²) in [4.78, 5) is 25.1. The first-order valence-corrected chi connectivity index (χ1v) is 7.59. The summed E-state index contributed by atoms with van der Waals surface area (Å²) in [6.45, 7) is 5.89. The van der Waals surface area contributed by atoms with Crippen LogP contribution in [0.1, 0.15) is 33.3 Å². The summed E-state index contributed by atoms with van der Waals surface area (Å²) >= 11 is 0. The predicted octanol–water partition coefficient (Wildman–Crippen LogP) is 1.91. The highest BCUT2D eigenvalue weighted by atomic mass is 16.1. The van der Waals surface area contributed by atoms with Gasteiger partial charge in [0.25, 0.3) is 5.91 Å².